The van der Waals surface area contributed by atoms with E-state index in [4.69, 9.17) is 16.3 Å². The van der Waals surface area contributed by atoms with E-state index in [9.17, 15) is 4.79 Å². The number of ether oxygens (including phenoxy) is 1. The monoisotopic (exact) mass is 432 g/mol. The molecule has 0 spiro atoms. The number of nitrogens with one attached hydrogen (secondary N) is 1. The van der Waals surface area contributed by atoms with Gasteiger partial charge in [-0.05, 0) is 35.2 Å². The zero-order valence-electron chi connectivity index (χ0n) is 17.2. The van der Waals surface area contributed by atoms with E-state index in [0.29, 0.717) is 25.0 Å². The summed E-state index contributed by atoms with van der Waals surface area (Å²) in [6.45, 7) is 5.06. The Kier molecular flexibility index (Phi) is 4.87. The molecule has 1 aliphatic heterocycles. The number of hydrogen-bond acceptors (Lipinski definition) is 4. The van der Waals surface area contributed by atoms with Crippen LogP contribution in [0.3, 0.4) is 0 Å². The Bertz CT molecular complexity index is 1310. The first-order valence-electron chi connectivity index (χ1n) is 10.2. The van der Waals surface area contributed by atoms with Gasteiger partial charge in [-0.3, -0.25) is 9.36 Å². The van der Waals surface area contributed by atoms with E-state index in [-0.39, 0.29) is 22.5 Å². The number of amides is 1. The topological polar surface area (TPSA) is 69.0 Å². The highest BCUT2D eigenvalue weighted by Crippen LogP contribution is 2.34. The van der Waals surface area contributed by atoms with Crippen LogP contribution >= 0.6 is 11.6 Å². The number of carbonyl (C=O) groups is 1. The van der Waals surface area contributed by atoms with E-state index in [1.54, 1.807) is 0 Å². The van der Waals surface area contributed by atoms with Crippen molar-refractivity contribution in [1.29, 1.82) is 0 Å². The predicted octanol–water partition coefficient (Wildman–Crippen LogP) is 4.99. The number of hydrogen-bond donors (Lipinski definition) is 1. The largest absolute Gasteiger partial charge is 0.475 e. The van der Waals surface area contributed by atoms with E-state index >= 15 is 0 Å². The highest BCUT2D eigenvalue weighted by molar-refractivity contribution is 6.33. The minimum Gasteiger partial charge on any atom is -0.475 e. The molecule has 2 aromatic heterocycles. The number of para-hydroxylation sites is 1. The predicted molar refractivity (Wildman–Crippen MR) is 121 cm³/mol. The molecule has 0 unspecified atom stereocenters. The summed E-state index contributed by atoms with van der Waals surface area (Å²) >= 11 is 6.44. The van der Waals surface area contributed by atoms with Gasteiger partial charge in [-0.2, -0.15) is 9.97 Å². The van der Waals surface area contributed by atoms with Crippen molar-refractivity contribution in [1.82, 2.24) is 19.9 Å². The summed E-state index contributed by atoms with van der Waals surface area (Å²) in [4.78, 5) is 21.5. The fourth-order valence-electron chi connectivity index (χ4n) is 3.84. The maximum Gasteiger partial charge on any atom is 0.260 e. The lowest BCUT2D eigenvalue weighted by Crippen LogP contribution is -2.24. The van der Waals surface area contributed by atoms with Gasteiger partial charge in [-0.15, -0.1) is 0 Å². The van der Waals surface area contributed by atoms with Gasteiger partial charge in [-0.25, -0.2) is 0 Å². The first kappa shape index (κ1) is 19.6. The average molecular weight is 433 g/mol. The van der Waals surface area contributed by atoms with Crippen LogP contribution in [0, 0.1) is 0 Å². The quantitative estimate of drug-likeness (QED) is 0.463. The molecule has 0 saturated heterocycles. The Morgan fingerprint density at radius 3 is 2.77 bits per heavy atom. The maximum absolute atomic E-state index is 12.4. The lowest BCUT2D eigenvalue weighted by molar-refractivity contribution is 0.0957. The van der Waals surface area contributed by atoms with Crippen molar-refractivity contribution >= 4 is 28.4 Å². The third-order valence-electron chi connectivity index (χ3n) is 5.43. The van der Waals surface area contributed by atoms with Crippen LogP contribution < -0.4 is 10.1 Å². The maximum atomic E-state index is 12.4. The van der Waals surface area contributed by atoms with Gasteiger partial charge in [0, 0.05) is 5.39 Å². The molecule has 6 nitrogen and oxygen atoms in total. The minimum atomic E-state index is -0.328. The number of fused-ring (bicyclic) bond motifs is 2. The Hall–Kier alpha value is -3.38. The van der Waals surface area contributed by atoms with Crippen LogP contribution in [0.2, 0.25) is 5.15 Å². The summed E-state index contributed by atoms with van der Waals surface area (Å²) in [7, 11) is 0. The number of aromatic nitrogens is 3. The van der Waals surface area contributed by atoms with Crippen molar-refractivity contribution in [3.8, 4) is 23.1 Å². The number of nitrogens with zero attached hydrogens (tertiary/aromatic N) is 3. The lowest BCUT2D eigenvalue weighted by Gasteiger charge is -2.14. The van der Waals surface area contributed by atoms with E-state index in [1.165, 1.54) is 5.56 Å². The normalized spacial score (nSPS) is 13.6. The van der Waals surface area contributed by atoms with Crippen molar-refractivity contribution in [3.05, 3.63) is 70.9 Å². The summed E-state index contributed by atoms with van der Waals surface area (Å²) in [5.74, 6) is 0.642. The second-order valence-corrected chi connectivity index (χ2v) is 8.16. The van der Waals surface area contributed by atoms with Gasteiger partial charge in [0.2, 0.25) is 11.8 Å². The average Bonchev–Trinajstić information content (AvgIpc) is 3.05. The summed E-state index contributed by atoms with van der Waals surface area (Å²) in [5, 5.41) is 3.87. The van der Waals surface area contributed by atoms with Gasteiger partial charge >= 0.3 is 0 Å². The van der Waals surface area contributed by atoms with Gasteiger partial charge in [0.15, 0.2) is 5.15 Å². The molecule has 0 saturated carbocycles. The molecular weight excluding hydrogens is 412 g/mol. The highest BCUT2D eigenvalue weighted by Gasteiger charge is 2.25. The summed E-state index contributed by atoms with van der Waals surface area (Å²) < 4.78 is 7.68. The molecule has 156 valence electrons. The van der Waals surface area contributed by atoms with E-state index in [0.717, 1.165) is 22.2 Å². The van der Waals surface area contributed by atoms with Gasteiger partial charge in [-0.1, -0.05) is 61.8 Å². The van der Waals surface area contributed by atoms with Crippen molar-refractivity contribution in [2.45, 2.75) is 19.8 Å². The molecule has 31 heavy (non-hydrogen) atoms. The Labute approximate surface area is 184 Å². The van der Waals surface area contributed by atoms with E-state index in [2.05, 4.69) is 65.5 Å². The fourth-order valence-corrected chi connectivity index (χ4v) is 4.08. The van der Waals surface area contributed by atoms with Crippen LogP contribution in [0.4, 0.5) is 0 Å². The molecule has 5 rings (SSSR count). The van der Waals surface area contributed by atoms with E-state index < -0.39 is 0 Å². The van der Waals surface area contributed by atoms with Crippen LogP contribution in [0.1, 0.15) is 35.7 Å². The fraction of sp³-hybridized carbons (Fsp3) is 0.208. The number of carbonyl (C=O) groups excluding carboxylic acids is 1. The van der Waals surface area contributed by atoms with Crippen LogP contribution in [-0.4, -0.2) is 33.6 Å². The molecule has 3 heterocycles. The molecule has 1 N–H and O–H groups in total. The first-order valence-corrected chi connectivity index (χ1v) is 10.6. The molecular formula is C24H21ClN4O2. The molecule has 7 heteroatoms. The second-order valence-electron chi connectivity index (χ2n) is 7.80. The smallest absolute Gasteiger partial charge is 0.260 e. The van der Waals surface area contributed by atoms with Crippen LogP contribution in [-0.2, 0) is 0 Å². The number of benzene rings is 2. The molecule has 1 aliphatic rings. The van der Waals surface area contributed by atoms with Crippen LogP contribution in [0.25, 0.3) is 28.1 Å². The molecule has 0 aliphatic carbocycles. The molecule has 0 radical (unpaired) electrons. The first-order chi connectivity index (χ1) is 15.0. The third-order valence-corrected chi connectivity index (χ3v) is 5.71. The van der Waals surface area contributed by atoms with Crippen molar-refractivity contribution < 1.29 is 9.53 Å². The van der Waals surface area contributed by atoms with Crippen molar-refractivity contribution in [3.63, 3.8) is 0 Å². The summed E-state index contributed by atoms with van der Waals surface area (Å²) in [6, 6.07) is 18.6. The molecule has 0 atom stereocenters. The highest BCUT2D eigenvalue weighted by atomic mass is 35.5. The van der Waals surface area contributed by atoms with Gasteiger partial charge in [0.1, 0.15) is 12.2 Å². The minimum absolute atomic E-state index is 0.0686. The van der Waals surface area contributed by atoms with Gasteiger partial charge < -0.3 is 10.1 Å². The van der Waals surface area contributed by atoms with Crippen LogP contribution in [0.15, 0.2) is 54.6 Å². The Morgan fingerprint density at radius 2 is 1.94 bits per heavy atom. The molecule has 4 aromatic rings. The van der Waals surface area contributed by atoms with Crippen molar-refractivity contribution in [2.75, 3.05) is 13.2 Å². The molecule has 1 amide bonds. The molecule has 0 fully saturated rings. The standard InChI is InChI=1S/C24H21ClN4O2/c1-14(2)15-7-5-8-16(12-15)19-13-17-6-3-4-9-18(17)29(19)24-27-21(25)20-22(30)26-10-11-31-23(20)28-24/h3-9,12-14H,10-11H2,1-2H3,(H,26,30). The van der Waals surface area contributed by atoms with Gasteiger partial charge in [0.05, 0.1) is 17.8 Å². The lowest BCUT2D eigenvalue weighted by atomic mass is 10.00. The number of halogens is 1. The Morgan fingerprint density at radius 1 is 1.10 bits per heavy atom. The van der Waals surface area contributed by atoms with Crippen LogP contribution in [0.5, 0.6) is 5.88 Å². The molecule has 2 aromatic carbocycles. The van der Waals surface area contributed by atoms with E-state index in [1.807, 2.05) is 22.8 Å². The zero-order valence-corrected chi connectivity index (χ0v) is 18.0. The SMILES string of the molecule is CC(C)c1cccc(-c2cc3ccccc3n2-c2nc(Cl)c3c(n2)OCCNC3=O)c1. The Balaban J connectivity index is 1.77. The number of rotatable bonds is 3. The molecule has 0 bridgehead atoms. The second kappa shape index (κ2) is 7.71. The van der Waals surface area contributed by atoms with Gasteiger partial charge in [0.25, 0.3) is 5.91 Å². The third kappa shape index (κ3) is 3.43. The van der Waals surface area contributed by atoms with Crippen molar-refractivity contribution in [2.24, 2.45) is 0 Å². The summed E-state index contributed by atoms with van der Waals surface area (Å²) in [5.41, 5.74) is 4.35. The summed E-state index contributed by atoms with van der Waals surface area (Å²) in [6.07, 6.45) is 0. The zero-order chi connectivity index (χ0) is 21.5.